The Morgan fingerprint density at radius 3 is 2.88 bits per heavy atom. The van der Waals surface area contributed by atoms with Crippen molar-refractivity contribution >= 4 is 11.7 Å². The van der Waals surface area contributed by atoms with Crippen molar-refractivity contribution in [3.63, 3.8) is 0 Å². The second-order valence-electron chi connectivity index (χ2n) is 5.41. The molecule has 0 unspecified atom stereocenters. The summed E-state index contributed by atoms with van der Waals surface area (Å²) in [6, 6.07) is 7.15. The Morgan fingerprint density at radius 1 is 1.29 bits per heavy atom. The lowest BCUT2D eigenvalue weighted by Crippen LogP contribution is -2.30. The largest absolute Gasteiger partial charge is 0.381 e. The number of nitrogens with zero attached hydrogens (tertiary/aromatic N) is 4. The van der Waals surface area contributed by atoms with E-state index in [1.165, 1.54) is 0 Å². The van der Waals surface area contributed by atoms with Crippen molar-refractivity contribution < 1.29 is 9.53 Å². The molecule has 0 fully saturated rings. The number of tetrazole rings is 1. The Kier molecular flexibility index (Phi) is 7.16. The number of rotatable bonds is 9. The zero-order valence-corrected chi connectivity index (χ0v) is 14.2. The molecule has 1 aromatic carbocycles. The Hall–Kier alpha value is -2.48. The van der Waals surface area contributed by atoms with Crippen LogP contribution in [0.25, 0.3) is 11.4 Å². The monoisotopic (exact) mass is 332 g/mol. The average Bonchev–Trinajstić information content (AvgIpc) is 3.00. The summed E-state index contributed by atoms with van der Waals surface area (Å²) in [5.74, 6) is 0.642. The smallest absolute Gasteiger partial charge is 0.319 e. The topological polar surface area (TPSA) is 94.0 Å². The molecule has 0 radical (unpaired) electrons. The predicted molar refractivity (Wildman–Crippen MR) is 91.6 cm³/mol. The molecule has 8 heteroatoms. The van der Waals surface area contributed by atoms with E-state index in [0.29, 0.717) is 24.7 Å². The predicted octanol–water partition coefficient (Wildman–Crippen LogP) is 2.21. The Labute approximate surface area is 141 Å². The highest BCUT2D eigenvalue weighted by Gasteiger charge is 2.07. The van der Waals surface area contributed by atoms with Crippen molar-refractivity contribution in [3.8, 4) is 11.4 Å². The number of benzene rings is 1. The second kappa shape index (κ2) is 9.61. The standard InChI is InChI=1S/C16H24N6O2/c1-3-4-10-24-11-6-9-17-16(23)18-14-8-5-7-13(12-14)15-19-20-21-22(15)2/h5,7-8,12H,3-4,6,9-11H2,1-2H3,(H2,17,18,23). The molecule has 130 valence electrons. The molecular formula is C16H24N6O2. The van der Waals surface area contributed by atoms with Crippen LogP contribution in [0.3, 0.4) is 0 Å². The maximum absolute atomic E-state index is 11.9. The molecule has 2 amide bonds. The summed E-state index contributed by atoms with van der Waals surface area (Å²) < 4.78 is 7.03. The molecule has 0 spiro atoms. The Bertz CT molecular complexity index is 643. The molecule has 8 nitrogen and oxygen atoms in total. The van der Waals surface area contributed by atoms with Crippen molar-refractivity contribution in [3.05, 3.63) is 24.3 Å². The van der Waals surface area contributed by atoms with Gasteiger partial charge >= 0.3 is 6.03 Å². The molecule has 0 atom stereocenters. The quantitative estimate of drug-likeness (QED) is 0.687. The molecule has 2 N–H and O–H groups in total. The molecule has 2 rings (SSSR count). The molecular weight excluding hydrogens is 308 g/mol. The zero-order chi connectivity index (χ0) is 17.2. The molecule has 1 heterocycles. The summed E-state index contributed by atoms with van der Waals surface area (Å²) >= 11 is 0. The molecule has 0 aliphatic carbocycles. The van der Waals surface area contributed by atoms with Crippen LogP contribution in [0.1, 0.15) is 26.2 Å². The molecule has 2 aromatic rings. The number of hydrogen-bond acceptors (Lipinski definition) is 5. The van der Waals surface area contributed by atoms with Gasteiger partial charge < -0.3 is 15.4 Å². The van der Waals surface area contributed by atoms with Crippen LogP contribution < -0.4 is 10.6 Å². The first-order valence-corrected chi connectivity index (χ1v) is 8.16. The van der Waals surface area contributed by atoms with Gasteiger partial charge in [0.1, 0.15) is 0 Å². The first-order valence-electron chi connectivity index (χ1n) is 8.16. The van der Waals surface area contributed by atoms with Crippen LogP contribution in [-0.4, -0.2) is 46.0 Å². The molecule has 0 aliphatic heterocycles. The summed E-state index contributed by atoms with van der Waals surface area (Å²) in [5, 5.41) is 17.0. The van der Waals surface area contributed by atoms with Crippen molar-refractivity contribution in [1.29, 1.82) is 0 Å². The van der Waals surface area contributed by atoms with Gasteiger partial charge in [-0.05, 0) is 35.4 Å². The van der Waals surface area contributed by atoms with Crippen LogP contribution in [0.4, 0.5) is 10.5 Å². The van der Waals surface area contributed by atoms with Crippen molar-refractivity contribution in [2.45, 2.75) is 26.2 Å². The lowest BCUT2D eigenvalue weighted by molar-refractivity contribution is 0.129. The SMILES string of the molecule is CCCCOCCCNC(=O)Nc1cccc(-c2nnnn2C)c1. The second-order valence-corrected chi connectivity index (χ2v) is 5.41. The minimum Gasteiger partial charge on any atom is -0.381 e. The van der Waals surface area contributed by atoms with Crippen molar-refractivity contribution in [2.24, 2.45) is 7.05 Å². The number of unbranched alkanes of at least 4 members (excludes halogenated alkanes) is 1. The number of hydrogen-bond donors (Lipinski definition) is 2. The first-order chi connectivity index (χ1) is 11.7. The van der Waals surface area contributed by atoms with E-state index in [9.17, 15) is 4.79 Å². The van der Waals surface area contributed by atoms with Crippen LogP contribution in [0.2, 0.25) is 0 Å². The number of carbonyl (C=O) groups is 1. The third-order valence-electron chi connectivity index (χ3n) is 3.39. The van der Waals surface area contributed by atoms with Gasteiger partial charge in [-0.2, -0.15) is 0 Å². The van der Waals surface area contributed by atoms with E-state index >= 15 is 0 Å². The maximum atomic E-state index is 11.9. The number of nitrogens with one attached hydrogen (secondary N) is 2. The normalized spacial score (nSPS) is 10.6. The number of urea groups is 1. The van der Waals surface area contributed by atoms with E-state index in [1.54, 1.807) is 11.7 Å². The van der Waals surface area contributed by atoms with Crippen LogP contribution in [0.15, 0.2) is 24.3 Å². The van der Waals surface area contributed by atoms with Crippen LogP contribution in [0.5, 0.6) is 0 Å². The number of anilines is 1. The van der Waals surface area contributed by atoms with Crippen molar-refractivity contribution in [1.82, 2.24) is 25.5 Å². The minimum absolute atomic E-state index is 0.239. The number of carbonyl (C=O) groups excluding carboxylic acids is 1. The van der Waals surface area contributed by atoms with E-state index in [4.69, 9.17) is 4.74 Å². The summed E-state index contributed by atoms with van der Waals surface area (Å²) in [6.07, 6.45) is 3.00. The van der Waals surface area contributed by atoms with E-state index in [1.807, 2.05) is 24.3 Å². The fraction of sp³-hybridized carbons (Fsp3) is 0.500. The van der Waals surface area contributed by atoms with E-state index < -0.39 is 0 Å². The minimum atomic E-state index is -0.239. The van der Waals surface area contributed by atoms with E-state index in [2.05, 4.69) is 33.1 Å². The van der Waals surface area contributed by atoms with Gasteiger partial charge in [0.2, 0.25) is 0 Å². The van der Waals surface area contributed by atoms with Gasteiger partial charge in [-0.15, -0.1) is 5.10 Å². The van der Waals surface area contributed by atoms with Crippen LogP contribution in [0, 0.1) is 0 Å². The van der Waals surface area contributed by atoms with Gasteiger partial charge in [0, 0.05) is 38.1 Å². The molecule has 1 aromatic heterocycles. The highest BCUT2D eigenvalue weighted by Crippen LogP contribution is 2.19. The molecule has 24 heavy (non-hydrogen) atoms. The summed E-state index contributed by atoms with van der Waals surface area (Å²) in [7, 11) is 1.77. The highest BCUT2D eigenvalue weighted by atomic mass is 16.5. The van der Waals surface area contributed by atoms with Gasteiger partial charge in [-0.1, -0.05) is 25.5 Å². The molecule has 0 aliphatic rings. The summed E-state index contributed by atoms with van der Waals surface area (Å²) in [6.45, 7) is 4.15. The molecule has 0 saturated heterocycles. The number of aryl methyl sites for hydroxylation is 1. The maximum Gasteiger partial charge on any atom is 0.319 e. The number of ether oxygens (including phenoxy) is 1. The number of aromatic nitrogens is 4. The lowest BCUT2D eigenvalue weighted by atomic mass is 10.2. The third kappa shape index (κ3) is 5.62. The fourth-order valence-electron chi connectivity index (χ4n) is 2.11. The summed E-state index contributed by atoms with van der Waals surface area (Å²) in [5.41, 5.74) is 1.52. The Balaban J connectivity index is 1.75. The first kappa shape index (κ1) is 17.9. The third-order valence-corrected chi connectivity index (χ3v) is 3.39. The average molecular weight is 332 g/mol. The molecule has 0 saturated carbocycles. The van der Waals surface area contributed by atoms with Gasteiger partial charge in [0.05, 0.1) is 0 Å². The van der Waals surface area contributed by atoms with Gasteiger partial charge in [-0.3, -0.25) is 0 Å². The lowest BCUT2D eigenvalue weighted by Gasteiger charge is -2.09. The fourth-order valence-corrected chi connectivity index (χ4v) is 2.11. The van der Waals surface area contributed by atoms with E-state index in [0.717, 1.165) is 31.4 Å². The zero-order valence-electron chi connectivity index (χ0n) is 14.2. The summed E-state index contributed by atoms with van der Waals surface area (Å²) in [4.78, 5) is 11.9. The van der Waals surface area contributed by atoms with Gasteiger partial charge in [-0.25, -0.2) is 9.48 Å². The van der Waals surface area contributed by atoms with Gasteiger partial charge in [0.25, 0.3) is 0 Å². The van der Waals surface area contributed by atoms with Crippen LogP contribution in [-0.2, 0) is 11.8 Å². The van der Waals surface area contributed by atoms with Crippen molar-refractivity contribution in [2.75, 3.05) is 25.1 Å². The van der Waals surface area contributed by atoms with E-state index in [-0.39, 0.29) is 6.03 Å². The Morgan fingerprint density at radius 2 is 2.12 bits per heavy atom. The highest BCUT2D eigenvalue weighted by molar-refractivity contribution is 5.89. The van der Waals surface area contributed by atoms with Gasteiger partial charge in [0.15, 0.2) is 5.82 Å². The molecule has 0 bridgehead atoms. The van der Waals surface area contributed by atoms with Crippen LogP contribution >= 0.6 is 0 Å². The number of amides is 2.